The van der Waals surface area contributed by atoms with Crippen molar-refractivity contribution in [2.45, 2.75) is 30.6 Å². The van der Waals surface area contributed by atoms with Crippen LogP contribution in [0.15, 0.2) is 36.5 Å². The van der Waals surface area contributed by atoms with Crippen molar-refractivity contribution in [2.75, 3.05) is 29.6 Å². The number of carbonyl (C=O) groups excluding carboxylic acids is 1. The third-order valence-electron chi connectivity index (χ3n) is 5.86. The maximum atomic E-state index is 13.7. The zero-order chi connectivity index (χ0) is 28.2. The first-order chi connectivity index (χ1) is 18.6. The molecule has 1 fully saturated rings. The lowest BCUT2D eigenvalue weighted by Gasteiger charge is -2.18. The second-order valence-electron chi connectivity index (χ2n) is 8.78. The third-order valence-corrected chi connectivity index (χ3v) is 10.1. The van der Waals surface area contributed by atoms with E-state index in [0.29, 0.717) is 35.1 Å². The van der Waals surface area contributed by atoms with Crippen molar-refractivity contribution in [3.63, 3.8) is 0 Å². The number of aromatic nitrogens is 1. The van der Waals surface area contributed by atoms with E-state index in [0.717, 1.165) is 10.8 Å². The lowest BCUT2D eigenvalue weighted by atomic mass is 10.1. The quantitative estimate of drug-likeness (QED) is 0.253. The van der Waals surface area contributed by atoms with Crippen LogP contribution in [-0.4, -0.2) is 59.8 Å². The van der Waals surface area contributed by atoms with Gasteiger partial charge in [-0.15, -0.1) is 0 Å². The standard InChI is InChI=1S/C25H24ClFN4O6S2/c26-19-7-15(1-3-20(19)27)30-25-14(10-28)11-29-21-9-23(37-13-16(33)12-32)22(8-18(21)25)31-24(34)4-2-17-5-6-39(35,36)38-17/h1,3,7-9,11,16-17,32-33H,2,4-6,12-13H2,(H,29,30)(H,31,34). The van der Waals surface area contributed by atoms with Gasteiger partial charge in [0.05, 0.1) is 39.8 Å². The molecule has 0 radical (unpaired) electrons. The number of ether oxygens (including phenoxy) is 1. The first kappa shape index (κ1) is 28.8. The summed E-state index contributed by atoms with van der Waals surface area (Å²) in [6, 6.07) is 9.10. The zero-order valence-electron chi connectivity index (χ0n) is 20.4. The highest BCUT2D eigenvalue weighted by molar-refractivity contribution is 8.72. The Hall–Kier alpha value is -3.15. The highest BCUT2D eigenvalue weighted by Crippen LogP contribution is 2.37. The molecule has 0 saturated carbocycles. The summed E-state index contributed by atoms with van der Waals surface area (Å²) in [5.41, 5.74) is 1.50. The molecule has 2 unspecified atom stereocenters. The van der Waals surface area contributed by atoms with Crippen LogP contribution in [0.5, 0.6) is 5.75 Å². The summed E-state index contributed by atoms with van der Waals surface area (Å²) in [7, 11) is -2.26. The first-order valence-electron chi connectivity index (χ1n) is 11.8. The van der Waals surface area contributed by atoms with Gasteiger partial charge >= 0.3 is 0 Å². The molecule has 206 valence electrons. The van der Waals surface area contributed by atoms with Gasteiger partial charge in [-0.1, -0.05) is 11.6 Å². The number of halogens is 2. The number of hydrogen-bond acceptors (Lipinski definition) is 10. The van der Waals surface area contributed by atoms with E-state index >= 15 is 0 Å². The number of carbonyl (C=O) groups is 1. The Morgan fingerprint density at radius 1 is 1.36 bits per heavy atom. The van der Waals surface area contributed by atoms with Crippen LogP contribution in [0.4, 0.5) is 21.5 Å². The van der Waals surface area contributed by atoms with Crippen molar-refractivity contribution in [3.8, 4) is 11.8 Å². The molecule has 2 atom stereocenters. The normalized spacial score (nSPS) is 16.9. The molecule has 0 bridgehead atoms. The minimum Gasteiger partial charge on any atom is -0.489 e. The van der Waals surface area contributed by atoms with Gasteiger partial charge in [0.1, 0.15) is 30.3 Å². The second kappa shape index (κ2) is 12.4. The van der Waals surface area contributed by atoms with E-state index in [1.165, 1.54) is 30.5 Å². The molecular formula is C25H24ClFN4O6S2. The molecule has 10 nitrogen and oxygen atoms in total. The maximum absolute atomic E-state index is 13.7. The van der Waals surface area contributed by atoms with E-state index < -0.39 is 33.3 Å². The van der Waals surface area contributed by atoms with Crippen LogP contribution in [-0.2, 0) is 13.7 Å². The average Bonchev–Trinajstić information content (AvgIpc) is 3.26. The molecule has 2 heterocycles. The van der Waals surface area contributed by atoms with Crippen molar-refractivity contribution in [2.24, 2.45) is 0 Å². The van der Waals surface area contributed by atoms with E-state index in [9.17, 15) is 28.0 Å². The maximum Gasteiger partial charge on any atom is 0.224 e. The molecule has 0 aliphatic carbocycles. The van der Waals surface area contributed by atoms with Gasteiger partial charge in [0.25, 0.3) is 0 Å². The molecule has 2 aromatic carbocycles. The van der Waals surface area contributed by atoms with Gasteiger partial charge in [0.2, 0.25) is 14.8 Å². The number of aliphatic hydroxyl groups excluding tert-OH is 2. The average molecular weight is 595 g/mol. The molecule has 1 amide bonds. The van der Waals surface area contributed by atoms with Gasteiger partial charge in [-0.3, -0.25) is 9.78 Å². The molecule has 4 N–H and O–H groups in total. The molecule has 0 spiro atoms. The fourth-order valence-corrected chi connectivity index (χ4v) is 8.13. The van der Waals surface area contributed by atoms with Gasteiger partial charge in [0, 0.05) is 35.0 Å². The highest BCUT2D eigenvalue weighted by atomic mass is 35.5. The van der Waals surface area contributed by atoms with Crippen molar-refractivity contribution in [1.82, 2.24) is 4.98 Å². The number of hydrogen-bond donors (Lipinski definition) is 4. The Morgan fingerprint density at radius 3 is 2.82 bits per heavy atom. The second-order valence-corrected chi connectivity index (χ2v) is 13.7. The monoisotopic (exact) mass is 594 g/mol. The Labute approximate surface area is 232 Å². The number of amides is 1. The number of nitriles is 1. The van der Waals surface area contributed by atoms with Crippen LogP contribution in [0, 0.1) is 17.1 Å². The zero-order valence-corrected chi connectivity index (χ0v) is 22.7. The highest BCUT2D eigenvalue weighted by Gasteiger charge is 2.29. The Morgan fingerprint density at radius 2 is 2.15 bits per heavy atom. The van der Waals surface area contributed by atoms with Gasteiger partial charge in [-0.2, -0.15) is 5.26 Å². The van der Waals surface area contributed by atoms with E-state index in [4.69, 9.17) is 21.4 Å². The van der Waals surface area contributed by atoms with Crippen LogP contribution in [0.25, 0.3) is 10.9 Å². The Bertz CT molecular complexity index is 1550. The molecule has 1 aliphatic heterocycles. The fourth-order valence-electron chi connectivity index (χ4n) is 3.89. The van der Waals surface area contributed by atoms with Gasteiger partial charge in [-0.05, 0) is 47.9 Å². The van der Waals surface area contributed by atoms with Gasteiger partial charge < -0.3 is 25.6 Å². The summed E-state index contributed by atoms with van der Waals surface area (Å²) in [6.45, 7) is -0.799. The number of aliphatic hydroxyl groups is 2. The number of anilines is 3. The summed E-state index contributed by atoms with van der Waals surface area (Å²) < 4.78 is 42.7. The van der Waals surface area contributed by atoms with E-state index in [1.54, 1.807) is 6.07 Å². The van der Waals surface area contributed by atoms with Crippen molar-refractivity contribution in [1.29, 1.82) is 5.26 Å². The van der Waals surface area contributed by atoms with Gasteiger partial charge in [-0.25, -0.2) is 12.8 Å². The number of benzene rings is 2. The summed E-state index contributed by atoms with van der Waals surface area (Å²) in [5, 5.41) is 34.6. The molecule has 1 aliphatic rings. The van der Waals surface area contributed by atoms with Crippen LogP contribution < -0.4 is 15.4 Å². The molecule has 39 heavy (non-hydrogen) atoms. The molecular weight excluding hydrogens is 571 g/mol. The Balaban J connectivity index is 1.67. The fraction of sp³-hybridized carbons (Fsp3) is 0.320. The number of fused-ring (bicyclic) bond motifs is 1. The van der Waals surface area contributed by atoms with Crippen LogP contribution >= 0.6 is 22.4 Å². The molecule has 1 saturated heterocycles. The van der Waals surface area contributed by atoms with E-state index in [1.807, 2.05) is 0 Å². The smallest absolute Gasteiger partial charge is 0.224 e. The van der Waals surface area contributed by atoms with Crippen LogP contribution in [0.3, 0.4) is 0 Å². The lowest BCUT2D eigenvalue weighted by molar-refractivity contribution is -0.116. The summed E-state index contributed by atoms with van der Waals surface area (Å²) in [5.74, 6) is -0.749. The molecule has 4 rings (SSSR count). The topological polar surface area (TPSA) is 162 Å². The molecule has 3 aromatic rings. The van der Waals surface area contributed by atoms with Crippen LogP contribution in [0.1, 0.15) is 24.8 Å². The largest absolute Gasteiger partial charge is 0.489 e. The minimum absolute atomic E-state index is 0.0552. The third kappa shape index (κ3) is 7.28. The number of pyridine rings is 1. The summed E-state index contributed by atoms with van der Waals surface area (Å²) in [4.78, 5) is 17.1. The van der Waals surface area contributed by atoms with Crippen LogP contribution in [0.2, 0.25) is 5.02 Å². The molecule has 1 aromatic heterocycles. The van der Waals surface area contributed by atoms with E-state index in [-0.39, 0.29) is 46.1 Å². The van der Waals surface area contributed by atoms with E-state index in [2.05, 4.69) is 21.7 Å². The van der Waals surface area contributed by atoms with Crippen molar-refractivity contribution in [3.05, 3.63) is 52.9 Å². The number of nitrogens with zero attached hydrogens (tertiary/aromatic N) is 2. The van der Waals surface area contributed by atoms with Crippen molar-refractivity contribution >= 4 is 65.1 Å². The summed E-state index contributed by atoms with van der Waals surface area (Å²) >= 11 is 5.91. The number of nitrogens with one attached hydrogen (secondary N) is 2. The summed E-state index contributed by atoms with van der Waals surface area (Å²) in [6.07, 6.45) is 1.07. The minimum atomic E-state index is -3.14. The Kier molecular flexibility index (Phi) is 9.14. The van der Waals surface area contributed by atoms with Gasteiger partial charge in [0.15, 0.2) is 0 Å². The predicted molar refractivity (Wildman–Crippen MR) is 147 cm³/mol. The lowest BCUT2D eigenvalue weighted by Crippen LogP contribution is -2.22. The predicted octanol–water partition coefficient (Wildman–Crippen LogP) is 3.93. The van der Waals surface area contributed by atoms with Crippen molar-refractivity contribution < 1.29 is 32.6 Å². The SMILES string of the molecule is N#Cc1cnc2cc(OCC(O)CO)c(NC(=O)CCC3CCS(=O)(=O)S3)cc2c1Nc1ccc(F)c(Cl)c1. The first-order valence-corrected chi connectivity index (χ1v) is 15.2. The number of rotatable bonds is 10. The molecule has 14 heteroatoms.